The normalized spacial score (nSPS) is 13.8. The fourth-order valence-corrected chi connectivity index (χ4v) is 2.83. The molecule has 2 aromatic carbocycles. The molecule has 9 nitrogen and oxygen atoms in total. The molecule has 0 atom stereocenters. The number of carbonyl (C=O) groups excluding carboxylic acids is 1. The summed E-state index contributed by atoms with van der Waals surface area (Å²) < 4.78 is 16.2. The molecule has 0 aliphatic carbocycles. The first-order valence-corrected chi connectivity index (χ1v) is 9.35. The van der Waals surface area contributed by atoms with Gasteiger partial charge in [0.15, 0.2) is 18.1 Å². The van der Waals surface area contributed by atoms with E-state index in [1.165, 1.54) is 19.2 Å². The number of nitrogens with zero attached hydrogens (tertiary/aromatic N) is 2. The standard InChI is InChI=1S/C21H23N3O6/c1-28-19-11-15(13-22-23-17-4-2-3-16(12-17)21(26)27)5-6-18(19)30-14-20(25)24-7-9-29-10-8-24/h2-6,11-13,23H,7-10,14H2,1H3,(H,26,27)/b22-13+. The highest BCUT2D eigenvalue weighted by molar-refractivity contribution is 5.89. The molecule has 0 radical (unpaired) electrons. The number of morpholine rings is 1. The number of hydrazone groups is 1. The number of rotatable bonds is 8. The summed E-state index contributed by atoms with van der Waals surface area (Å²) in [5.41, 5.74) is 4.25. The number of amides is 1. The van der Waals surface area contributed by atoms with Crippen molar-refractivity contribution in [3.8, 4) is 11.5 Å². The molecule has 0 aromatic heterocycles. The number of methoxy groups -OCH3 is 1. The van der Waals surface area contributed by atoms with Gasteiger partial charge in [-0.25, -0.2) is 4.79 Å². The summed E-state index contributed by atoms with van der Waals surface area (Å²) in [7, 11) is 1.52. The van der Waals surface area contributed by atoms with Crippen molar-refractivity contribution in [1.29, 1.82) is 0 Å². The summed E-state index contributed by atoms with van der Waals surface area (Å²) in [6.45, 7) is 2.13. The largest absolute Gasteiger partial charge is 0.493 e. The molecular formula is C21H23N3O6. The van der Waals surface area contributed by atoms with Gasteiger partial charge in [-0.05, 0) is 42.0 Å². The number of ether oxygens (including phenoxy) is 3. The van der Waals surface area contributed by atoms with Crippen LogP contribution in [0.3, 0.4) is 0 Å². The smallest absolute Gasteiger partial charge is 0.335 e. The summed E-state index contributed by atoms with van der Waals surface area (Å²) in [5.74, 6) is -0.172. The van der Waals surface area contributed by atoms with Gasteiger partial charge < -0.3 is 24.2 Å². The van der Waals surface area contributed by atoms with Crippen LogP contribution in [0.2, 0.25) is 0 Å². The van der Waals surface area contributed by atoms with Gasteiger partial charge in [-0.1, -0.05) is 6.07 Å². The Morgan fingerprint density at radius 3 is 2.73 bits per heavy atom. The maximum absolute atomic E-state index is 12.2. The lowest BCUT2D eigenvalue weighted by molar-refractivity contribution is -0.137. The monoisotopic (exact) mass is 413 g/mol. The lowest BCUT2D eigenvalue weighted by Crippen LogP contribution is -2.43. The summed E-state index contributed by atoms with van der Waals surface area (Å²) in [5, 5.41) is 13.1. The van der Waals surface area contributed by atoms with Gasteiger partial charge in [0.2, 0.25) is 0 Å². The highest BCUT2D eigenvalue weighted by Crippen LogP contribution is 2.27. The zero-order valence-corrected chi connectivity index (χ0v) is 16.5. The first-order valence-electron chi connectivity index (χ1n) is 9.35. The SMILES string of the molecule is COc1cc(/C=N/Nc2cccc(C(=O)O)c2)ccc1OCC(=O)N1CCOCC1. The second-order valence-electron chi connectivity index (χ2n) is 6.45. The number of hydrogen-bond acceptors (Lipinski definition) is 7. The van der Waals surface area contributed by atoms with Gasteiger partial charge in [0.05, 0.1) is 37.8 Å². The predicted octanol–water partition coefficient (Wildman–Crippen LogP) is 2.08. The quantitative estimate of drug-likeness (QED) is 0.504. The number of anilines is 1. The molecule has 0 spiro atoms. The van der Waals surface area contributed by atoms with Gasteiger partial charge in [-0.3, -0.25) is 10.2 Å². The van der Waals surface area contributed by atoms with Crippen molar-refractivity contribution >= 4 is 23.8 Å². The Balaban J connectivity index is 1.59. The first kappa shape index (κ1) is 21.1. The van der Waals surface area contributed by atoms with Gasteiger partial charge in [0, 0.05) is 13.1 Å². The van der Waals surface area contributed by atoms with E-state index in [0.29, 0.717) is 43.5 Å². The lowest BCUT2D eigenvalue weighted by atomic mass is 10.2. The van der Waals surface area contributed by atoms with Crippen LogP contribution >= 0.6 is 0 Å². The molecule has 2 N–H and O–H groups in total. The minimum atomic E-state index is -1.00. The van der Waals surface area contributed by atoms with E-state index < -0.39 is 5.97 Å². The zero-order valence-electron chi connectivity index (χ0n) is 16.5. The molecule has 9 heteroatoms. The molecule has 2 aromatic rings. The fraction of sp³-hybridized carbons (Fsp3) is 0.286. The third-order valence-electron chi connectivity index (χ3n) is 4.42. The molecule has 3 rings (SSSR count). The van der Waals surface area contributed by atoms with Crippen LogP contribution in [0, 0.1) is 0 Å². The van der Waals surface area contributed by atoms with E-state index in [4.69, 9.17) is 19.3 Å². The Kier molecular flexibility index (Phi) is 7.23. The lowest BCUT2D eigenvalue weighted by Gasteiger charge is -2.26. The van der Waals surface area contributed by atoms with E-state index in [0.717, 1.165) is 5.56 Å². The molecule has 1 aliphatic heterocycles. The Hall–Kier alpha value is -3.59. The number of aromatic carboxylic acids is 1. The molecular weight excluding hydrogens is 390 g/mol. The van der Waals surface area contributed by atoms with Crippen LogP contribution in [0.15, 0.2) is 47.6 Å². The molecule has 1 heterocycles. The number of benzene rings is 2. The number of carboxylic acid groups (broad SMARTS) is 1. The molecule has 1 fully saturated rings. The summed E-state index contributed by atoms with van der Waals surface area (Å²) in [6, 6.07) is 11.6. The Morgan fingerprint density at radius 2 is 2.00 bits per heavy atom. The van der Waals surface area contributed by atoms with Gasteiger partial charge in [-0.2, -0.15) is 5.10 Å². The third-order valence-corrected chi connectivity index (χ3v) is 4.42. The van der Waals surface area contributed by atoms with Crippen LogP contribution < -0.4 is 14.9 Å². The summed E-state index contributed by atoms with van der Waals surface area (Å²) >= 11 is 0. The van der Waals surface area contributed by atoms with Crippen LogP contribution in [0.4, 0.5) is 5.69 Å². The second-order valence-corrected chi connectivity index (χ2v) is 6.45. The highest BCUT2D eigenvalue weighted by Gasteiger charge is 2.18. The van der Waals surface area contributed by atoms with E-state index in [9.17, 15) is 9.59 Å². The van der Waals surface area contributed by atoms with Crippen molar-refractivity contribution < 1.29 is 28.9 Å². The van der Waals surface area contributed by atoms with Crippen molar-refractivity contribution in [1.82, 2.24) is 4.90 Å². The minimum Gasteiger partial charge on any atom is -0.493 e. The molecule has 1 saturated heterocycles. The number of hydrogen-bond donors (Lipinski definition) is 2. The first-order chi connectivity index (χ1) is 14.6. The van der Waals surface area contributed by atoms with Crippen molar-refractivity contribution in [2.24, 2.45) is 5.10 Å². The second kappa shape index (κ2) is 10.3. The fourth-order valence-electron chi connectivity index (χ4n) is 2.83. The zero-order chi connectivity index (χ0) is 21.3. The minimum absolute atomic E-state index is 0.0781. The molecule has 158 valence electrons. The Labute approximate surface area is 173 Å². The third kappa shape index (κ3) is 5.71. The summed E-state index contributed by atoms with van der Waals surface area (Å²) in [4.78, 5) is 24.9. The van der Waals surface area contributed by atoms with Gasteiger partial charge >= 0.3 is 5.97 Å². The Bertz CT molecular complexity index is 925. The predicted molar refractivity (Wildman–Crippen MR) is 111 cm³/mol. The van der Waals surface area contributed by atoms with E-state index >= 15 is 0 Å². The number of carbonyl (C=O) groups is 2. The van der Waals surface area contributed by atoms with Crippen molar-refractivity contribution in [3.05, 3.63) is 53.6 Å². The van der Waals surface area contributed by atoms with E-state index in [2.05, 4.69) is 10.5 Å². The van der Waals surface area contributed by atoms with Crippen molar-refractivity contribution in [2.75, 3.05) is 45.4 Å². The average Bonchev–Trinajstić information content (AvgIpc) is 2.78. The molecule has 30 heavy (non-hydrogen) atoms. The van der Waals surface area contributed by atoms with Gasteiger partial charge in [0.25, 0.3) is 5.91 Å². The number of nitrogens with one attached hydrogen (secondary N) is 1. The molecule has 0 bridgehead atoms. The van der Waals surface area contributed by atoms with Gasteiger partial charge in [-0.15, -0.1) is 0 Å². The van der Waals surface area contributed by atoms with E-state index in [-0.39, 0.29) is 18.1 Å². The maximum atomic E-state index is 12.2. The van der Waals surface area contributed by atoms with Crippen LogP contribution in [-0.2, 0) is 9.53 Å². The molecule has 0 unspecified atom stereocenters. The highest BCUT2D eigenvalue weighted by atomic mass is 16.5. The number of carboxylic acids is 1. The van der Waals surface area contributed by atoms with Crippen LogP contribution in [0.25, 0.3) is 0 Å². The van der Waals surface area contributed by atoms with Crippen LogP contribution in [0.5, 0.6) is 11.5 Å². The Morgan fingerprint density at radius 1 is 1.20 bits per heavy atom. The van der Waals surface area contributed by atoms with Gasteiger partial charge in [0.1, 0.15) is 0 Å². The average molecular weight is 413 g/mol. The van der Waals surface area contributed by atoms with Crippen molar-refractivity contribution in [2.45, 2.75) is 0 Å². The maximum Gasteiger partial charge on any atom is 0.335 e. The van der Waals surface area contributed by atoms with Crippen LogP contribution in [0.1, 0.15) is 15.9 Å². The van der Waals surface area contributed by atoms with Crippen molar-refractivity contribution in [3.63, 3.8) is 0 Å². The van der Waals surface area contributed by atoms with Crippen LogP contribution in [-0.4, -0.2) is 68.1 Å². The molecule has 0 saturated carbocycles. The summed E-state index contributed by atoms with van der Waals surface area (Å²) in [6.07, 6.45) is 1.57. The van der Waals surface area contributed by atoms with E-state index in [1.54, 1.807) is 41.4 Å². The van der Waals surface area contributed by atoms with E-state index in [1.807, 2.05) is 0 Å². The molecule has 1 aliphatic rings. The topological polar surface area (TPSA) is 110 Å². The molecule has 1 amide bonds.